The second-order valence-corrected chi connectivity index (χ2v) is 5.83. The number of hydrogen-bond donors (Lipinski definition) is 1. The second-order valence-electron chi connectivity index (χ2n) is 5.83. The van der Waals surface area contributed by atoms with E-state index in [0.29, 0.717) is 22.7 Å². The molecular formula is C21H19N3O3. The summed E-state index contributed by atoms with van der Waals surface area (Å²) in [6, 6.07) is 14.2. The molecule has 0 saturated carbocycles. The molecule has 0 fully saturated rings. The molecule has 6 nitrogen and oxygen atoms in total. The number of amides is 1. The molecule has 136 valence electrons. The zero-order chi connectivity index (χ0) is 19.8. The predicted octanol–water partition coefficient (Wildman–Crippen LogP) is 3.76. The van der Waals surface area contributed by atoms with E-state index in [-0.39, 0.29) is 18.1 Å². The zero-order valence-corrected chi connectivity index (χ0v) is 15.4. The Hall–Kier alpha value is -3.77. The molecule has 0 aliphatic heterocycles. The first-order valence-electron chi connectivity index (χ1n) is 8.16. The van der Waals surface area contributed by atoms with Crippen LogP contribution in [0.3, 0.4) is 0 Å². The van der Waals surface area contributed by atoms with Crippen molar-refractivity contribution in [3.63, 3.8) is 0 Å². The Bertz CT molecular complexity index is 950. The minimum Gasteiger partial charge on any atom is -0.493 e. The van der Waals surface area contributed by atoms with Crippen molar-refractivity contribution in [2.24, 2.45) is 0 Å². The molecule has 6 heteroatoms. The largest absolute Gasteiger partial charge is 0.493 e. The third-order valence-electron chi connectivity index (χ3n) is 3.89. The Morgan fingerprint density at radius 1 is 1.07 bits per heavy atom. The lowest BCUT2D eigenvalue weighted by Crippen LogP contribution is -2.20. The van der Waals surface area contributed by atoms with Crippen LogP contribution in [-0.4, -0.2) is 19.6 Å². The lowest BCUT2D eigenvalue weighted by Gasteiger charge is -2.12. The molecule has 0 aliphatic rings. The van der Waals surface area contributed by atoms with Crippen LogP contribution in [0.15, 0.2) is 42.0 Å². The third-order valence-corrected chi connectivity index (χ3v) is 3.89. The number of nitrogens with one attached hydrogen (secondary N) is 1. The van der Waals surface area contributed by atoms with Crippen LogP contribution >= 0.6 is 0 Å². The third kappa shape index (κ3) is 5.35. The number of rotatable bonds is 6. The number of hydrogen-bond acceptors (Lipinski definition) is 5. The smallest absolute Gasteiger partial charge is 0.262 e. The highest BCUT2D eigenvalue weighted by Gasteiger charge is 2.09. The molecule has 1 amide bonds. The number of methoxy groups -OCH3 is 1. The molecule has 0 saturated heterocycles. The van der Waals surface area contributed by atoms with Gasteiger partial charge in [0, 0.05) is 5.69 Å². The number of anilines is 1. The number of carbonyl (C=O) groups is 1. The normalized spacial score (nSPS) is 9.52. The Labute approximate surface area is 158 Å². The average Bonchev–Trinajstić information content (AvgIpc) is 2.67. The van der Waals surface area contributed by atoms with Gasteiger partial charge in [0.25, 0.3) is 5.91 Å². The van der Waals surface area contributed by atoms with Crippen molar-refractivity contribution < 1.29 is 14.3 Å². The van der Waals surface area contributed by atoms with Gasteiger partial charge in [-0.2, -0.15) is 10.5 Å². The standard InChI is InChI=1S/C21H19N3O3/c1-14-4-6-18(8-15(14)2)24-21(25)13-27-19-7-5-16(10-20(19)26-3)9-17(11-22)12-23/h4-10H,13H2,1-3H3,(H,24,25). The van der Waals surface area contributed by atoms with E-state index in [1.54, 1.807) is 30.3 Å². The van der Waals surface area contributed by atoms with E-state index in [1.807, 2.05) is 32.0 Å². The number of ether oxygens (including phenoxy) is 2. The molecule has 0 atom stereocenters. The Morgan fingerprint density at radius 3 is 2.44 bits per heavy atom. The van der Waals surface area contributed by atoms with Gasteiger partial charge in [-0.15, -0.1) is 0 Å². The summed E-state index contributed by atoms with van der Waals surface area (Å²) in [5, 5.41) is 20.4. The van der Waals surface area contributed by atoms with Crippen molar-refractivity contribution in [3.05, 3.63) is 58.7 Å². The first-order valence-corrected chi connectivity index (χ1v) is 8.16. The van der Waals surface area contributed by atoms with E-state index in [0.717, 1.165) is 11.1 Å². The lowest BCUT2D eigenvalue weighted by molar-refractivity contribution is -0.118. The fraction of sp³-hybridized carbons (Fsp3) is 0.190. The van der Waals surface area contributed by atoms with Crippen LogP contribution in [0.4, 0.5) is 5.69 Å². The van der Waals surface area contributed by atoms with Crippen molar-refractivity contribution >= 4 is 17.7 Å². The maximum atomic E-state index is 12.1. The van der Waals surface area contributed by atoms with E-state index < -0.39 is 0 Å². The van der Waals surface area contributed by atoms with Gasteiger partial charge in [0.2, 0.25) is 0 Å². The van der Waals surface area contributed by atoms with Crippen molar-refractivity contribution in [1.82, 2.24) is 0 Å². The molecule has 0 unspecified atom stereocenters. The van der Waals surface area contributed by atoms with Gasteiger partial charge in [-0.25, -0.2) is 0 Å². The maximum Gasteiger partial charge on any atom is 0.262 e. The minimum atomic E-state index is -0.291. The molecule has 2 rings (SSSR count). The van der Waals surface area contributed by atoms with E-state index >= 15 is 0 Å². The fourth-order valence-electron chi connectivity index (χ4n) is 2.31. The lowest BCUT2D eigenvalue weighted by atomic mass is 10.1. The van der Waals surface area contributed by atoms with Crippen molar-refractivity contribution in [2.45, 2.75) is 13.8 Å². The van der Waals surface area contributed by atoms with Crippen LogP contribution in [0.25, 0.3) is 6.08 Å². The van der Waals surface area contributed by atoms with Crippen LogP contribution < -0.4 is 14.8 Å². The van der Waals surface area contributed by atoms with Gasteiger partial charge in [-0.1, -0.05) is 12.1 Å². The number of benzene rings is 2. The summed E-state index contributed by atoms with van der Waals surface area (Å²) in [6.45, 7) is 3.80. The van der Waals surface area contributed by atoms with Gasteiger partial charge in [0.15, 0.2) is 18.1 Å². The fourth-order valence-corrected chi connectivity index (χ4v) is 2.31. The topological polar surface area (TPSA) is 95.1 Å². The SMILES string of the molecule is COc1cc(C=C(C#N)C#N)ccc1OCC(=O)Nc1ccc(C)c(C)c1. The van der Waals surface area contributed by atoms with Crippen molar-refractivity contribution in [3.8, 4) is 23.6 Å². The Kier molecular flexibility index (Phi) is 6.57. The van der Waals surface area contributed by atoms with Gasteiger partial charge >= 0.3 is 0 Å². The van der Waals surface area contributed by atoms with Crippen LogP contribution in [-0.2, 0) is 4.79 Å². The van der Waals surface area contributed by atoms with Crippen LogP contribution in [0.5, 0.6) is 11.5 Å². The van der Waals surface area contributed by atoms with Gasteiger partial charge in [-0.3, -0.25) is 4.79 Å². The summed E-state index contributed by atoms with van der Waals surface area (Å²) in [5.41, 5.74) is 3.56. The molecule has 1 N–H and O–H groups in total. The molecule has 0 aliphatic carbocycles. The second kappa shape index (κ2) is 9.07. The molecule has 2 aromatic carbocycles. The highest BCUT2D eigenvalue weighted by Crippen LogP contribution is 2.29. The van der Waals surface area contributed by atoms with Gasteiger partial charge in [0.05, 0.1) is 7.11 Å². The summed E-state index contributed by atoms with van der Waals surface area (Å²) < 4.78 is 10.8. The number of allylic oxidation sites excluding steroid dienone is 1. The van der Waals surface area contributed by atoms with Crippen molar-refractivity contribution in [2.75, 3.05) is 19.0 Å². The number of nitriles is 2. The Morgan fingerprint density at radius 2 is 1.81 bits per heavy atom. The van der Waals surface area contributed by atoms with Crippen molar-refractivity contribution in [1.29, 1.82) is 10.5 Å². The monoisotopic (exact) mass is 361 g/mol. The molecule has 0 heterocycles. The van der Waals surface area contributed by atoms with E-state index in [4.69, 9.17) is 20.0 Å². The predicted molar refractivity (Wildman–Crippen MR) is 102 cm³/mol. The summed E-state index contributed by atoms with van der Waals surface area (Å²) >= 11 is 0. The molecule has 0 bridgehead atoms. The number of carbonyl (C=O) groups excluding carboxylic acids is 1. The first kappa shape index (κ1) is 19.6. The molecule has 0 radical (unpaired) electrons. The van der Waals surface area contributed by atoms with Crippen LogP contribution in [0, 0.1) is 36.5 Å². The summed E-state index contributed by atoms with van der Waals surface area (Å²) in [7, 11) is 1.47. The van der Waals surface area contributed by atoms with Gasteiger partial charge < -0.3 is 14.8 Å². The van der Waals surface area contributed by atoms with E-state index in [1.165, 1.54) is 13.2 Å². The van der Waals surface area contributed by atoms with Crippen LogP contribution in [0.2, 0.25) is 0 Å². The van der Waals surface area contributed by atoms with Crippen LogP contribution in [0.1, 0.15) is 16.7 Å². The van der Waals surface area contributed by atoms with E-state index in [9.17, 15) is 4.79 Å². The van der Waals surface area contributed by atoms with Gasteiger partial charge in [-0.05, 0) is 60.9 Å². The molecule has 2 aromatic rings. The summed E-state index contributed by atoms with van der Waals surface area (Å²) in [6.07, 6.45) is 1.44. The molecule has 27 heavy (non-hydrogen) atoms. The van der Waals surface area contributed by atoms with E-state index in [2.05, 4.69) is 5.32 Å². The summed E-state index contributed by atoms with van der Waals surface area (Å²) in [5.74, 6) is 0.499. The maximum absolute atomic E-state index is 12.1. The first-order chi connectivity index (χ1) is 13.0. The van der Waals surface area contributed by atoms with Gasteiger partial charge in [0.1, 0.15) is 17.7 Å². The molecule has 0 spiro atoms. The highest BCUT2D eigenvalue weighted by atomic mass is 16.5. The number of nitrogens with zero attached hydrogens (tertiary/aromatic N) is 2. The number of aryl methyl sites for hydroxylation is 2. The molecule has 0 aromatic heterocycles. The average molecular weight is 361 g/mol. The quantitative estimate of drug-likeness (QED) is 0.791. The zero-order valence-electron chi connectivity index (χ0n) is 15.4. The summed E-state index contributed by atoms with van der Waals surface area (Å²) in [4.78, 5) is 12.1. The minimum absolute atomic E-state index is 0.0153. The molecular weight excluding hydrogens is 342 g/mol. The highest BCUT2D eigenvalue weighted by molar-refractivity contribution is 5.92. The Balaban J connectivity index is 2.05.